The molecule has 6 heteroatoms. The predicted octanol–water partition coefficient (Wildman–Crippen LogP) is 2.13. The Kier molecular flexibility index (Phi) is 7.28. The zero-order valence-electron chi connectivity index (χ0n) is 16.1. The van der Waals surface area contributed by atoms with Crippen molar-refractivity contribution in [3.8, 4) is 5.75 Å². The first-order chi connectivity index (χ1) is 13.6. The van der Waals surface area contributed by atoms with E-state index in [4.69, 9.17) is 10.5 Å². The Morgan fingerprint density at radius 1 is 1.21 bits per heavy atom. The van der Waals surface area contributed by atoms with Crippen molar-refractivity contribution in [3.05, 3.63) is 65.2 Å². The molecule has 28 heavy (non-hydrogen) atoms. The summed E-state index contributed by atoms with van der Waals surface area (Å²) in [6.07, 6.45) is 3.58. The maximum Gasteiger partial charge on any atom is 0.312 e. The van der Waals surface area contributed by atoms with E-state index < -0.39 is 12.1 Å². The third-order valence-corrected chi connectivity index (χ3v) is 5.03. The number of ether oxygens (including phenoxy) is 1. The Hall–Kier alpha value is -2.57. The molecule has 2 aromatic carbocycles. The van der Waals surface area contributed by atoms with Gasteiger partial charge in [-0.15, -0.1) is 0 Å². The van der Waals surface area contributed by atoms with Gasteiger partial charge in [-0.3, -0.25) is 0 Å². The normalized spacial score (nSPS) is 17.2. The summed E-state index contributed by atoms with van der Waals surface area (Å²) in [5.41, 5.74) is 8.87. The molecule has 1 aliphatic carbocycles. The van der Waals surface area contributed by atoms with E-state index in [2.05, 4.69) is 22.8 Å². The highest BCUT2D eigenvalue weighted by molar-refractivity contribution is 5.71. The van der Waals surface area contributed by atoms with Gasteiger partial charge in [-0.25, -0.2) is 4.79 Å². The third-order valence-electron chi connectivity index (χ3n) is 5.03. The molecule has 2 atom stereocenters. The number of rotatable bonds is 8. The lowest BCUT2D eigenvalue weighted by Gasteiger charge is -2.20. The van der Waals surface area contributed by atoms with Crippen molar-refractivity contribution in [2.45, 2.75) is 44.4 Å². The fourth-order valence-electron chi connectivity index (χ4n) is 3.56. The fraction of sp³-hybridized carbons (Fsp3) is 0.409. The number of aliphatic hydroxyl groups excluding tert-OH is 1. The summed E-state index contributed by atoms with van der Waals surface area (Å²) in [5, 5.41) is 16.4. The van der Waals surface area contributed by atoms with Gasteiger partial charge in [0.05, 0.1) is 0 Å². The molecular weight excluding hydrogens is 354 g/mol. The summed E-state index contributed by atoms with van der Waals surface area (Å²) < 4.78 is 5.62. The number of hydrogen-bond acceptors (Lipinski definition) is 4. The molecule has 2 aromatic rings. The number of primary amides is 1. The van der Waals surface area contributed by atoms with E-state index in [1.165, 1.54) is 11.1 Å². The second-order valence-electron chi connectivity index (χ2n) is 7.30. The van der Waals surface area contributed by atoms with Crippen molar-refractivity contribution in [1.82, 2.24) is 10.6 Å². The van der Waals surface area contributed by atoms with Crippen molar-refractivity contribution in [2.24, 2.45) is 5.73 Å². The van der Waals surface area contributed by atoms with Crippen LogP contribution in [-0.2, 0) is 19.4 Å². The largest absolute Gasteiger partial charge is 0.491 e. The SMILES string of the molecule is NC(=O)NCc1ccc2c(c1)CC(NC[C@H](O)COc1ccccc1)CCC2. The first-order valence-corrected chi connectivity index (χ1v) is 9.83. The second-order valence-corrected chi connectivity index (χ2v) is 7.30. The molecule has 0 bridgehead atoms. The van der Waals surface area contributed by atoms with E-state index in [1.54, 1.807) is 0 Å². The molecule has 0 fully saturated rings. The zero-order chi connectivity index (χ0) is 19.8. The molecule has 0 aliphatic heterocycles. The number of carbonyl (C=O) groups excluding carboxylic acids is 1. The van der Waals surface area contributed by atoms with E-state index in [9.17, 15) is 9.90 Å². The number of nitrogens with one attached hydrogen (secondary N) is 2. The molecule has 1 aliphatic rings. The lowest BCUT2D eigenvalue weighted by molar-refractivity contribution is 0.103. The number of para-hydroxylation sites is 1. The zero-order valence-corrected chi connectivity index (χ0v) is 16.1. The first kappa shape index (κ1) is 20.2. The molecule has 0 heterocycles. The number of hydrogen-bond donors (Lipinski definition) is 4. The molecule has 6 nitrogen and oxygen atoms in total. The number of aliphatic hydroxyl groups is 1. The summed E-state index contributed by atoms with van der Waals surface area (Å²) in [6.45, 7) is 1.20. The fourth-order valence-corrected chi connectivity index (χ4v) is 3.56. The standard InChI is InChI=1S/C22H29N3O3/c23-22(27)25-13-16-9-10-17-5-4-6-19(12-18(17)11-16)24-14-20(26)15-28-21-7-2-1-3-8-21/h1-3,7-11,19-20,24,26H,4-6,12-15H2,(H3,23,25,27)/t19?,20-/m0/s1. The number of aryl methyl sites for hydroxylation is 1. The van der Waals surface area contributed by atoms with Crippen molar-refractivity contribution >= 4 is 6.03 Å². The number of nitrogens with two attached hydrogens (primary N) is 1. The molecular formula is C22H29N3O3. The molecule has 0 saturated carbocycles. The summed E-state index contributed by atoms with van der Waals surface area (Å²) in [5.74, 6) is 0.766. The van der Waals surface area contributed by atoms with Gasteiger partial charge >= 0.3 is 6.03 Å². The molecule has 1 unspecified atom stereocenters. The Morgan fingerprint density at radius 3 is 2.82 bits per heavy atom. The molecule has 0 spiro atoms. The van der Waals surface area contributed by atoms with Gasteiger partial charge in [0, 0.05) is 19.1 Å². The molecule has 0 aromatic heterocycles. The van der Waals surface area contributed by atoms with E-state index in [0.29, 0.717) is 19.1 Å². The minimum atomic E-state index is -0.561. The highest BCUT2D eigenvalue weighted by atomic mass is 16.5. The van der Waals surface area contributed by atoms with Gasteiger partial charge in [-0.05, 0) is 54.5 Å². The molecule has 0 radical (unpaired) electrons. The minimum absolute atomic E-state index is 0.267. The lowest BCUT2D eigenvalue weighted by atomic mass is 9.99. The van der Waals surface area contributed by atoms with Gasteiger partial charge in [0.2, 0.25) is 0 Å². The van der Waals surface area contributed by atoms with Crippen LogP contribution in [0.5, 0.6) is 5.75 Å². The van der Waals surface area contributed by atoms with Crippen molar-refractivity contribution in [2.75, 3.05) is 13.2 Å². The van der Waals surface area contributed by atoms with Crippen LogP contribution in [0.1, 0.15) is 29.5 Å². The Balaban J connectivity index is 1.50. The Morgan fingerprint density at radius 2 is 2.04 bits per heavy atom. The number of urea groups is 1. The number of benzene rings is 2. The molecule has 3 rings (SSSR count). The second kappa shape index (κ2) is 10.1. The average molecular weight is 383 g/mol. The van der Waals surface area contributed by atoms with Crippen LogP contribution in [0, 0.1) is 0 Å². The molecule has 2 amide bonds. The van der Waals surface area contributed by atoms with Crippen LogP contribution in [0.25, 0.3) is 0 Å². The topological polar surface area (TPSA) is 96.6 Å². The smallest absolute Gasteiger partial charge is 0.312 e. The highest BCUT2D eigenvalue weighted by Crippen LogP contribution is 2.22. The average Bonchev–Trinajstić information content (AvgIpc) is 2.91. The maximum absolute atomic E-state index is 10.9. The van der Waals surface area contributed by atoms with Crippen LogP contribution in [-0.4, -0.2) is 36.4 Å². The summed E-state index contributed by atoms with van der Waals surface area (Å²) in [7, 11) is 0. The van der Waals surface area contributed by atoms with E-state index in [0.717, 1.165) is 37.0 Å². The van der Waals surface area contributed by atoms with Gasteiger partial charge in [0.1, 0.15) is 18.5 Å². The van der Waals surface area contributed by atoms with Gasteiger partial charge in [0.15, 0.2) is 0 Å². The van der Waals surface area contributed by atoms with Crippen LogP contribution in [0.3, 0.4) is 0 Å². The number of fused-ring (bicyclic) bond motifs is 1. The summed E-state index contributed by atoms with van der Waals surface area (Å²) in [6, 6.07) is 15.7. The lowest BCUT2D eigenvalue weighted by Crippen LogP contribution is -2.39. The van der Waals surface area contributed by atoms with Crippen LogP contribution < -0.4 is 21.1 Å². The third kappa shape index (κ3) is 6.25. The molecule has 0 saturated heterocycles. The van der Waals surface area contributed by atoms with Gasteiger partial charge < -0.3 is 26.2 Å². The monoisotopic (exact) mass is 383 g/mol. The van der Waals surface area contributed by atoms with Crippen LogP contribution >= 0.6 is 0 Å². The van der Waals surface area contributed by atoms with Crippen LogP contribution in [0.15, 0.2) is 48.5 Å². The quantitative estimate of drug-likeness (QED) is 0.525. The van der Waals surface area contributed by atoms with Gasteiger partial charge in [-0.2, -0.15) is 0 Å². The highest BCUT2D eigenvalue weighted by Gasteiger charge is 2.18. The van der Waals surface area contributed by atoms with E-state index in [1.807, 2.05) is 36.4 Å². The number of carbonyl (C=O) groups is 1. The summed E-state index contributed by atoms with van der Waals surface area (Å²) >= 11 is 0. The maximum atomic E-state index is 10.9. The minimum Gasteiger partial charge on any atom is -0.491 e. The van der Waals surface area contributed by atoms with Crippen molar-refractivity contribution in [1.29, 1.82) is 0 Å². The molecule has 150 valence electrons. The van der Waals surface area contributed by atoms with Gasteiger partial charge in [0.25, 0.3) is 0 Å². The van der Waals surface area contributed by atoms with Gasteiger partial charge in [-0.1, -0.05) is 36.4 Å². The first-order valence-electron chi connectivity index (χ1n) is 9.83. The van der Waals surface area contributed by atoms with E-state index in [-0.39, 0.29) is 6.61 Å². The molecule has 5 N–H and O–H groups in total. The predicted molar refractivity (Wildman–Crippen MR) is 109 cm³/mol. The van der Waals surface area contributed by atoms with Crippen molar-refractivity contribution < 1.29 is 14.6 Å². The Bertz CT molecular complexity index is 767. The number of amides is 2. The van der Waals surface area contributed by atoms with Crippen molar-refractivity contribution in [3.63, 3.8) is 0 Å². The van der Waals surface area contributed by atoms with Crippen LogP contribution in [0.4, 0.5) is 4.79 Å². The van der Waals surface area contributed by atoms with Crippen LogP contribution in [0.2, 0.25) is 0 Å². The van der Waals surface area contributed by atoms with E-state index >= 15 is 0 Å². The Labute approximate surface area is 166 Å². The summed E-state index contributed by atoms with van der Waals surface area (Å²) in [4.78, 5) is 10.9.